The molecule has 2 amide bonds. The van der Waals surface area contributed by atoms with Gasteiger partial charge in [-0.2, -0.15) is 0 Å². The number of carbonyl (C=O) groups is 2. The maximum Gasteiger partial charge on any atom is 0.413 e. The fourth-order valence-electron chi connectivity index (χ4n) is 4.91. The van der Waals surface area contributed by atoms with Crippen LogP contribution in [-0.2, 0) is 0 Å². The molecule has 5 rings (SSSR count). The first-order valence-electron chi connectivity index (χ1n) is 13.1. The van der Waals surface area contributed by atoms with Crippen LogP contribution in [0.3, 0.4) is 0 Å². The third-order valence-electron chi connectivity index (χ3n) is 6.92. The molecule has 206 valence electrons. The van der Waals surface area contributed by atoms with E-state index in [1.54, 1.807) is 62.6 Å². The fourth-order valence-corrected chi connectivity index (χ4v) is 5.08. The molecule has 1 unspecified atom stereocenters. The van der Waals surface area contributed by atoms with Crippen molar-refractivity contribution in [3.63, 3.8) is 0 Å². The Kier molecular flexibility index (Phi) is 8.02. The highest BCUT2D eigenvalue weighted by atomic mass is 35.5. The van der Waals surface area contributed by atoms with Gasteiger partial charge in [-0.25, -0.2) is 9.78 Å². The summed E-state index contributed by atoms with van der Waals surface area (Å²) in [5.74, 6) is 0.670. The molecule has 0 radical (unpaired) electrons. The van der Waals surface area contributed by atoms with Crippen LogP contribution >= 0.6 is 11.6 Å². The van der Waals surface area contributed by atoms with Crippen LogP contribution in [0.15, 0.2) is 71.7 Å². The Morgan fingerprint density at radius 1 is 1.05 bits per heavy atom. The molecule has 0 bridgehead atoms. The number of H-pyrrole nitrogens is 1. The number of nitrogens with zero attached hydrogens (tertiary/aromatic N) is 3. The molecule has 9 nitrogen and oxygen atoms in total. The van der Waals surface area contributed by atoms with E-state index in [1.807, 2.05) is 12.1 Å². The van der Waals surface area contributed by atoms with Crippen LogP contribution in [0.4, 0.5) is 10.6 Å². The summed E-state index contributed by atoms with van der Waals surface area (Å²) in [5, 5.41) is 3.56. The van der Waals surface area contributed by atoms with Gasteiger partial charge in [-0.1, -0.05) is 41.9 Å². The van der Waals surface area contributed by atoms with E-state index in [4.69, 9.17) is 16.3 Å². The van der Waals surface area contributed by atoms with E-state index in [0.717, 1.165) is 31.7 Å². The Bertz CT molecular complexity index is 1580. The zero-order valence-corrected chi connectivity index (χ0v) is 23.1. The first-order chi connectivity index (χ1) is 19.3. The summed E-state index contributed by atoms with van der Waals surface area (Å²) in [6.07, 6.45) is 4.19. The normalized spacial score (nSPS) is 14.0. The molecule has 40 heavy (non-hydrogen) atoms. The lowest BCUT2D eigenvalue weighted by molar-refractivity contribution is 0.0820. The molecule has 1 fully saturated rings. The van der Waals surface area contributed by atoms with Gasteiger partial charge in [0.15, 0.2) is 11.2 Å². The topological polar surface area (TPSA) is 108 Å². The molecule has 2 aromatic heterocycles. The third-order valence-corrected chi connectivity index (χ3v) is 7.15. The van der Waals surface area contributed by atoms with Gasteiger partial charge in [0, 0.05) is 37.6 Å². The quantitative estimate of drug-likeness (QED) is 0.338. The first-order valence-corrected chi connectivity index (χ1v) is 13.5. The largest absolute Gasteiger partial charge is 0.413 e. The Morgan fingerprint density at radius 3 is 2.48 bits per heavy atom. The second kappa shape index (κ2) is 11.8. The lowest BCUT2D eigenvalue weighted by atomic mass is 9.94. The number of amides is 2. The predicted molar refractivity (Wildman–Crippen MR) is 155 cm³/mol. The van der Waals surface area contributed by atoms with Crippen molar-refractivity contribution in [1.29, 1.82) is 0 Å². The summed E-state index contributed by atoms with van der Waals surface area (Å²) >= 11 is 6.16. The van der Waals surface area contributed by atoms with Gasteiger partial charge in [0.2, 0.25) is 0 Å². The number of aromatic amines is 1. The Balaban J connectivity index is 1.51. The van der Waals surface area contributed by atoms with Gasteiger partial charge in [-0.3, -0.25) is 9.59 Å². The van der Waals surface area contributed by atoms with Gasteiger partial charge < -0.3 is 24.8 Å². The van der Waals surface area contributed by atoms with E-state index < -0.39 is 23.5 Å². The summed E-state index contributed by atoms with van der Waals surface area (Å²) in [4.78, 5) is 51.5. The highest BCUT2D eigenvalue weighted by molar-refractivity contribution is 6.31. The van der Waals surface area contributed by atoms with Gasteiger partial charge in [0.25, 0.3) is 5.91 Å². The van der Waals surface area contributed by atoms with Crippen molar-refractivity contribution in [2.24, 2.45) is 0 Å². The SMILES string of the molecule is CN(C)C(=O)c1[nH]c2cc(Cl)ccc2c(=O)c1C(NC(=O)Oc1ccc(N2CCCCC2)nc1)c1ccccc1. The molecule has 1 aliphatic rings. The molecule has 1 saturated heterocycles. The Hall–Kier alpha value is -4.37. The average molecular weight is 560 g/mol. The average Bonchev–Trinajstić information content (AvgIpc) is 2.97. The number of carbonyl (C=O) groups excluding carboxylic acids is 2. The summed E-state index contributed by atoms with van der Waals surface area (Å²) in [5.41, 5.74) is 0.754. The van der Waals surface area contributed by atoms with Crippen LogP contribution in [0.1, 0.15) is 46.9 Å². The molecule has 1 atom stereocenters. The number of rotatable bonds is 6. The van der Waals surface area contributed by atoms with Gasteiger partial charge >= 0.3 is 6.09 Å². The van der Waals surface area contributed by atoms with Crippen LogP contribution in [0.5, 0.6) is 5.75 Å². The van der Waals surface area contributed by atoms with Gasteiger partial charge in [0.1, 0.15) is 11.5 Å². The number of anilines is 1. The number of aromatic nitrogens is 2. The van der Waals surface area contributed by atoms with Crippen LogP contribution in [0.2, 0.25) is 5.02 Å². The molecule has 4 aromatic rings. The molecule has 3 heterocycles. The van der Waals surface area contributed by atoms with Gasteiger partial charge in [0.05, 0.1) is 23.3 Å². The monoisotopic (exact) mass is 559 g/mol. The number of hydrogen-bond acceptors (Lipinski definition) is 6. The molecular formula is C30H30ClN5O4. The first kappa shape index (κ1) is 27.2. The molecule has 0 aliphatic carbocycles. The third kappa shape index (κ3) is 5.79. The molecule has 0 spiro atoms. The lowest BCUT2D eigenvalue weighted by Crippen LogP contribution is -2.37. The summed E-state index contributed by atoms with van der Waals surface area (Å²) < 4.78 is 5.56. The van der Waals surface area contributed by atoms with E-state index in [9.17, 15) is 14.4 Å². The van der Waals surface area contributed by atoms with E-state index in [-0.39, 0.29) is 17.0 Å². The molecule has 1 aliphatic heterocycles. The lowest BCUT2D eigenvalue weighted by Gasteiger charge is -2.27. The molecule has 0 saturated carbocycles. The maximum absolute atomic E-state index is 13.9. The Morgan fingerprint density at radius 2 is 1.80 bits per heavy atom. The van der Waals surface area contributed by atoms with Crippen molar-refractivity contribution in [3.8, 4) is 5.75 Å². The number of pyridine rings is 2. The second-order valence-corrected chi connectivity index (χ2v) is 10.3. The number of fused-ring (bicyclic) bond motifs is 1. The number of hydrogen-bond donors (Lipinski definition) is 2. The number of halogens is 1. The maximum atomic E-state index is 13.9. The van der Waals surface area contributed by atoms with E-state index >= 15 is 0 Å². The second-order valence-electron chi connectivity index (χ2n) is 9.91. The smallest absolute Gasteiger partial charge is 0.409 e. The minimum atomic E-state index is -0.989. The van der Waals surface area contributed by atoms with Crippen molar-refractivity contribution in [2.45, 2.75) is 25.3 Å². The minimum Gasteiger partial charge on any atom is -0.409 e. The molecule has 2 N–H and O–H groups in total. The number of piperidine rings is 1. The highest BCUT2D eigenvalue weighted by Gasteiger charge is 2.29. The van der Waals surface area contributed by atoms with Crippen molar-refractivity contribution < 1.29 is 14.3 Å². The number of ether oxygens (including phenoxy) is 1. The summed E-state index contributed by atoms with van der Waals surface area (Å²) in [6.45, 7) is 1.90. The highest BCUT2D eigenvalue weighted by Crippen LogP contribution is 2.27. The molecule has 2 aromatic carbocycles. The minimum absolute atomic E-state index is 0.0477. The fraction of sp³-hybridized carbons (Fsp3) is 0.267. The standard InChI is InChI=1S/C30H30ClN5O4/c1-35(2)29(38)27-25(28(37)22-13-11-20(31)17-23(22)33-27)26(19-9-5-3-6-10-19)34-30(39)40-21-12-14-24(32-18-21)36-15-7-4-8-16-36/h3,5-6,9-14,17-18,26H,4,7-8,15-16H2,1-2H3,(H,33,37)(H,34,39). The summed E-state index contributed by atoms with van der Waals surface area (Å²) in [6, 6.07) is 16.3. The predicted octanol–water partition coefficient (Wildman–Crippen LogP) is 5.15. The van der Waals surface area contributed by atoms with Crippen LogP contribution in [0, 0.1) is 0 Å². The zero-order chi connectivity index (χ0) is 28.2. The number of benzene rings is 2. The van der Waals surface area contributed by atoms with E-state index in [2.05, 4.69) is 20.2 Å². The van der Waals surface area contributed by atoms with Crippen LogP contribution in [-0.4, -0.2) is 54.1 Å². The van der Waals surface area contributed by atoms with Crippen molar-refractivity contribution in [2.75, 3.05) is 32.1 Å². The van der Waals surface area contributed by atoms with Crippen molar-refractivity contribution >= 4 is 40.3 Å². The Labute approximate surface area is 236 Å². The van der Waals surface area contributed by atoms with Crippen molar-refractivity contribution in [1.82, 2.24) is 20.2 Å². The summed E-state index contributed by atoms with van der Waals surface area (Å²) in [7, 11) is 3.18. The van der Waals surface area contributed by atoms with Gasteiger partial charge in [-0.15, -0.1) is 0 Å². The van der Waals surface area contributed by atoms with Crippen LogP contribution < -0.4 is 20.4 Å². The van der Waals surface area contributed by atoms with Crippen LogP contribution in [0.25, 0.3) is 10.9 Å². The number of nitrogens with one attached hydrogen (secondary N) is 2. The molecule has 10 heteroatoms. The van der Waals surface area contributed by atoms with Crippen molar-refractivity contribution in [3.05, 3.63) is 98.9 Å². The zero-order valence-electron chi connectivity index (χ0n) is 22.3. The van der Waals surface area contributed by atoms with E-state index in [0.29, 0.717) is 21.5 Å². The van der Waals surface area contributed by atoms with E-state index in [1.165, 1.54) is 17.5 Å². The van der Waals surface area contributed by atoms with Gasteiger partial charge in [-0.05, 0) is 55.2 Å². The molecular weight excluding hydrogens is 530 g/mol.